The Morgan fingerprint density at radius 1 is 1.22 bits per heavy atom. The molecular formula is C12H13F3O3. The quantitative estimate of drug-likeness (QED) is 0.910. The second kappa shape index (κ2) is 5.16. The third kappa shape index (κ3) is 3.36. The zero-order valence-corrected chi connectivity index (χ0v) is 9.48. The van der Waals surface area contributed by atoms with E-state index in [1.807, 2.05) is 0 Å². The van der Waals surface area contributed by atoms with Crippen molar-refractivity contribution in [2.45, 2.75) is 31.4 Å². The molecule has 0 aromatic heterocycles. The van der Waals surface area contributed by atoms with Crippen LogP contribution in [0.3, 0.4) is 0 Å². The zero-order valence-electron chi connectivity index (χ0n) is 9.48. The Kier molecular flexibility index (Phi) is 3.77. The molecule has 1 saturated heterocycles. The number of halogens is 3. The van der Waals surface area contributed by atoms with Gasteiger partial charge in [-0.25, -0.2) is 0 Å². The maximum absolute atomic E-state index is 12.0. The van der Waals surface area contributed by atoms with Crippen molar-refractivity contribution in [3.8, 4) is 5.75 Å². The summed E-state index contributed by atoms with van der Waals surface area (Å²) in [5.41, 5.74) is 0.792. The highest BCUT2D eigenvalue weighted by atomic mass is 19.4. The van der Waals surface area contributed by atoms with E-state index in [0.717, 1.165) is 18.4 Å². The molecule has 3 nitrogen and oxygen atoms in total. The number of aliphatic hydroxyl groups is 1. The fourth-order valence-electron chi connectivity index (χ4n) is 1.97. The first-order chi connectivity index (χ1) is 8.48. The lowest BCUT2D eigenvalue weighted by Gasteiger charge is -2.13. The molecular weight excluding hydrogens is 249 g/mol. The Morgan fingerprint density at radius 2 is 1.89 bits per heavy atom. The maximum Gasteiger partial charge on any atom is 0.573 e. The Labute approximate surface area is 102 Å². The van der Waals surface area contributed by atoms with E-state index in [2.05, 4.69) is 4.74 Å². The highest BCUT2D eigenvalue weighted by molar-refractivity contribution is 5.29. The molecule has 2 atom stereocenters. The summed E-state index contributed by atoms with van der Waals surface area (Å²) < 4.78 is 45.2. The van der Waals surface area contributed by atoms with Crippen LogP contribution in [0.15, 0.2) is 24.3 Å². The predicted octanol–water partition coefficient (Wildman–Crippen LogP) is 2.80. The summed E-state index contributed by atoms with van der Waals surface area (Å²) in [6.45, 7) is -0.0359. The van der Waals surface area contributed by atoms with Crippen LogP contribution in [0.2, 0.25) is 0 Å². The van der Waals surface area contributed by atoms with Crippen LogP contribution in [0.25, 0.3) is 0 Å². The molecule has 1 aliphatic rings. The van der Waals surface area contributed by atoms with Crippen LogP contribution in [0.5, 0.6) is 5.75 Å². The first-order valence-corrected chi connectivity index (χ1v) is 5.60. The van der Waals surface area contributed by atoms with E-state index in [1.165, 1.54) is 12.1 Å². The van der Waals surface area contributed by atoms with E-state index in [-0.39, 0.29) is 24.6 Å². The van der Waals surface area contributed by atoms with Gasteiger partial charge < -0.3 is 14.6 Å². The lowest BCUT2D eigenvalue weighted by Crippen LogP contribution is -2.17. The van der Waals surface area contributed by atoms with Crippen molar-refractivity contribution in [2.24, 2.45) is 0 Å². The molecule has 0 spiro atoms. The molecule has 0 amide bonds. The van der Waals surface area contributed by atoms with Crippen molar-refractivity contribution in [3.63, 3.8) is 0 Å². The first-order valence-electron chi connectivity index (χ1n) is 5.60. The molecule has 0 bridgehead atoms. The van der Waals surface area contributed by atoms with E-state index in [9.17, 15) is 13.2 Å². The van der Waals surface area contributed by atoms with Crippen molar-refractivity contribution in [3.05, 3.63) is 29.8 Å². The van der Waals surface area contributed by atoms with E-state index in [1.54, 1.807) is 12.1 Å². The summed E-state index contributed by atoms with van der Waals surface area (Å²) in [5.74, 6) is -0.247. The molecule has 1 fully saturated rings. The topological polar surface area (TPSA) is 38.7 Å². The van der Waals surface area contributed by atoms with Crippen LogP contribution in [-0.2, 0) is 4.74 Å². The SMILES string of the molecule is OCC1CCC(c2ccc(OC(F)(F)F)cc2)O1. The Bertz CT molecular complexity index is 389. The number of hydrogen-bond donors (Lipinski definition) is 1. The second-order valence-corrected chi connectivity index (χ2v) is 4.12. The summed E-state index contributed by atoms with van der Waals surface area (Å²) in [4.78, 5) is 0. The summed E-state index contributed by atoms with van der Waals surface area (Å²) in [6.07, 6.45) is -3.51. The minimum atomic E-state index is -4.67. The summed E-state index contributed by atoms with van der Waals surface area (Å²) >= 11 is 0. The predicted molar refractivity (Wildman–Crippen MR) is 57.1 cm³/mol. The summed E-state index contributed by atoms with van der Waals surface area (Å²) in [5, 5.41) is 8.93. The van der Waals surface area contributed by atoms with Crippen molar-refractivity contribution >= 4 is 0 Å². The molecule has 0 radical (unpaired) electrons. The maximum atomic E-state index is 12.0. The van der Waals surface area contributed by atoms with Gasteiger partial charge >= 0.3 is 6.36 Å². The minimum absolute atomic E-state index is 0.0359. The van der Waals surface area contributed by atoms with E-state index in [0.29, 0.717) is 0 Å². The van der Waals surface area contributed by atoms with Crippen LogP contribution >= 0.6 is 0 Å². The van der Waals surface area contributed by atoms with Crippen LogP contribution in [0, 0.1) is 0 Å². The van der Waals surface area contributed by atoms with Crippen molar-refractivity contribution < 1.29 is 27.8 Å². The lowest BCUT2D eigenvalue weighted by atomic mass is 10.1. The number of rotatable bonds is 3. The standard InChI is InChI=1S/C12H13F3O3/c13-12(14,15)18-9-3-1-8(2-4-9)11-6-5-10(7-16)17-11/h1-4,10-11,16H,5-7H2. The van der Waals surface area contributed by atoms with E-state index in [4.69, 9.17) is 9.84 Å². The number of hydrogen-bond acceptors (Lipinski definition) is 3. The van der Waals surface area contributed by atoms with Crippen molar-refractivity contribution in [2.75, 3.05) is 6.61 Å². The van der Waals surface area contributed by atoms with Crippen LogP contribution in [-0.4, -0.2) is 24.2 Å². The van der Waals surface area contributed by atoms with Gasteiger partial charge in [-0.15, -0.1) is 13.2 Å². The van der Waals surface area contributed by atoms with Gasteiger partial charge in [0.2, 0.25) is 0 Å². The van der Waals surface area contributed by atoms with Gasteiger partial charge in [0.05, 0.1) is 18.8 Å². The average Bonchev–Trinajstić information content (AvgIpc) is 2.76. The molecule has 1 heterocycles. The molecule has 1 aromatic carbocycles. The van der Waals surface area contributed by atoms with E-state index < -0.39 is 6.36 Å². The van der Waals surface area contributed by atoms with Gasteiger partial charge in [-0.3, -0.25) is 0 Å². The van der Waals surface area contributed by atoms with Gasteiger partial charge in [0, 0.05) is 0 Å². The summed E-state index contributed by atoms with van der Waals surface area (Å²) in [6, 6.07) is 5.62. The number of benzene rings is 1. The molecule has 18 heavy (non-hydrogen) atoms. The third-order valence-electron chi connectivity index (χ3n) is 2.80. The van der Waals surface area contributed by atoms with Crippen LogP contribution < -0.4 is 4.74 Å². The highest BCUT2D eigenvalue weighted by Gasteiger charge is 2.31. The third-order valence-corrected chi connectivity index (χ3v) is 2.80. The number of alkyl halides is 3. The molecule has 2 rings (SSSR count). The van der Waals surface area contributed by atoms with Crippen LogP contribution in [0.4, 0.5) is 13.2 Å². The molecule has 1 N–H and O–H groups in total. The van der Waals surface area contributed by atoms with Gasteiger partial charge in [-0.1, -0.05) is 12.1 Å². The van der Waals surface area contributed by atoms with Gasteiger partial charge in [0.25, 0.3) is 0 Å². The largest absolute Gasteiger partial charge is 0.573 e. The van der Waals surface area contributed by atoms with Gasteiger partial charge in [0.1, 0.15) is 5.75 Å². The molecule has 1 aliphatic heterocycles. The second-order valence-electron chi connectivity index (χ2n) is 4.12. The Hall–Kier alpha value is -1.27. The van der Waals surface area contributed by atoms with Gasteiger partial charge in [-0.05, 0) is 30.5 Å². The molecule has 0 saturated carbocycles. The van der Waals surface area contributed by atoms with Crippen molar-refractivity contribution in [1.82, 2.24) is 0 Å². The van der Waals surface area contributed by atoms with Crippen LogP contribution in [0.1, 0.15) is 24.5 Å². The van der Waals surface area contributed by atoms with Gasteiger partial charge in [0.15, 0.2) is 0 Å². The average molecular weight is 262 g/mol. The molecule has 6 heteroatoms. The minimum Gasteiger partial charge on any atom is -0.406 e. The fraction of sp³-hybridized carbons (Fsp3) is 0.500. The first kappa shape index (κ1) is 13.2. The molecule has 1 aromatic rings. The highest BCUT2D eigenvalue weighted by Crippen LogP contribution is 2.33. The lowest BCUT2D eigenvalue weighted by molar-refractivity contribution is -0.274. The zero-order chi connectivity index (χ0) is 13.2. The smallest absolute Gasteiger partial charge is 0.406 e. The molecule has 0 aliphatic carbocycles. The normalized spacial score (nSPS) is 24.2. The number of aliphatic hydroxyl groups excluding tert-OH is 1. The monoisotopic (exact) mass is 262 g/mol. The van der Waals surface area contributed by atoms with E-state index >= 15 is 0 Å². The number of ether oxygens (including phenoxy) is 2. The molecule has 100 valence electrons. The Balaban J connectivity index is 2.00. The molecule has 2 unspecified atom stereocenters. The van der Waals surface area contributed by atoms with Crippen molar-refractivity contribution in [1.29, 1.82) is 0 Å². The van der Waals surface area contributed by atoms with Gasteiger partial charge in [-0.2, -0.15) is 0 Å². The Morgan fingerprint density at radius 3 is 2.39 bits per heavy atom. The fourth-order valence-corrected chi connectivity index (χ4v) is 1.97. The summed E-state index contributed by atoms with van der Waals surface area (Å²) in [7, 11) is 0.